The predicted octanol–water partition coefficient (Wildman–Crippen LogP) is 2.79. The highest BCUT2D eigenvalue weighted by Gasteiger charge is 2.19. The van der Waals surface area contributed by atoms with Crippen molar-refractivity contribution in [2.45, 2.75) is 19.3 Å². The largest absolute Gasteiger partial charge is 0.361 e. The van der Waals surface area contributed by atoms with Crippen LogP contribution in [0, 0.1) is 0 Å². The fourth-order valence-electron chi connectivity index (χ4n) is 2.53. The lowest BCUT2D eigenvalue weighted by molar-refractivity contribution is 0.0726. The number of benzene rings is 1. The van der Waals surface area contributed by atoms with Gasteiger partial charge < -0.3 is 9.88 Å². The summed E-state index contributed by atoms with van der Waals surface area (Å²) in [5, 5.41) is 1.10. The van der Waals surface area contributed by atoms with Crippen LogP contribution in [0.5, 0.6) is 0 Å². The van der Waals surface area contributed by atoms with Crippen LogP contribution >= 0.6 is 0 Å². The van der Waals surface area contributed by atoms with Gasteiger partial charge in [-0.15, -0.1) is 0 Å². The molecule has 1 aliphatic rings. The second-order valence-electron chi connectivity index (χ2n) is 4.60. The topological polar surface area (TPSA) is 36.1 Å². The number of aromatic nitrogens is 1. The van der Waals surface area contributed by atoms with Crippen LogP contribution in [0.3, 0.4) is 0 Å². The van der Waals surface area contributed by atoms with Gasteiger partial charge in [0.1, 0.15) is 0 Å². The van der Waals surface area contributed by atoms with Crippen molar-refractivity contribution in [2.75, 3.05) is 13.1 Å². The third-order valence-electron chi connectivity index (χ3n) is 3.46. The van der Waals surface area contributed by atoms with Crippen molar-refractivity contribution in [1.82, 2.24) is 9.88 Å². The maximum atomic E-state index is 12.4. The van der Waals surface area contributed by atoms with E-state index in [1.807, 2.05) is 35.4 Å². The summed E-state index contributed by atoms with van der Waals surface area (Å²) >= 11 is 0. The van der Waals surface area contributed by atoms with E-state index >= 15 is 0 Å². The maximum Gasteiger partial charge on any atom is 0.255 e. The zero-order chi connectivity index (χ0) is 11.7. The molecule has 2 heterocycles. The zero-order valence-corrected chi connectivity index (χ0v) is 9.78. The van der Waals surface area contributed by atoms with Gasteiger partial charge in [0.05, 0.1) is 11.1 Å². The van der Waals surface area contributed by atoms with Gasteiger partial charge in [0.2, 0.25) is 0 Å². The number of para-hydroxylation sites is 1. The van der Waals surface area contributed by atoms with Gasteiger partial charge in [-0.25, -0.2) is 0 Å². The monoisotopic (exact) mass is 228 g/mol. The standard InChI is InChI=1S/C14H16N2O/c17-14(16-9-2-1-3-10-16)12-6-4-5-11-7-8-15-13(11)12/h4-8,15H,1-3,9-10H2. The molecule has 3 heteroatoms. The highest BCUT2D eigenvalue weighted by atomic mass is 16.2. The maximum absolute atomic E-state index is 12.4. The Morgan fingerprint density at radius 1 is 1.12 bits per heavy atom. The Kier molecular flexibility index (Phi) is 2.59. The van der Waals surface area contributed by atoms with Gasteiger partial charge in [0, 0.05) is 24.7 Å². The van der Waals surface area contributed by atoms with Crippen molar-refractivity contribution >= 4 is 16.8 Å². The minimum Gasteiger partial charge on any atom is -0.361 e. The number of carbonyl (C=O) groups excluding carboxylic acids is 1. The number of hydrogen-bond donors (Lipinski definition) is 1. The number of rotatable bonds is 1. The number of H-pyrrole nitrogens is 1. The van der Waals surface area contributed by atoms with E-state index in [1.54, 1.807) is 0 Å². The first-order chi connectivity index (χ1) is 8.36. The summed E-state index contributed by atoms with van der Waals surface area (Å²) in [4.78, 5) is 17.5. The molecule has 1 aromatic heterocycles. The fraction of sp³-hybridized carbons (Fsp3) is 0.357. The van der Waals surface area contributed by atoms with Gasteiger partial charge in [-0.2, -0.15) is 0 Å². The molecule has 0 atom stereocenters. The number of fused-ring (bicyclic) bond motifs is 1. The van der Waals surface area contributed by atoms with Crippen LogP contribution in [0.15, 0.2) is 30.5 Å². The van der Waals surface area contributed by atoms with Crippen LogP contribution < -0.4 is 0 Å². The molecule has 0 unspecified atom stereocenters. The molecule has 3 nitrogen and oxygen atoms in total. The van der Waals surface area contributed by atoms with Crippen molar-refractivity contribution in [3.05, 3.63) is 36.0 Å². The van der Waals surface area contributed by atoms with E-state index in [9.17, 15) is 4.79 Å². The van der Waals surface area contributed by atoms with Crippen LogP contribution in [0.4, 0.5) is 0 Å². The molecule has 1 N–H and O–H groups in total. The summed E-state index contributed by atoms with van der Waals surface area (Å²) in [7, 11) is 0. The molecule has 0 spiro atoms. The van der Waals surface area contributed by atoms with Crippen LogP contribution in [-0.2, 0) is 0 Å². The van der Waals surface area contributed by atoms with E-state index in [-0.39, 0.29) is 5.91 Å². The number of amides is 1. The Hall–Kier alpha value is -1.77. The Morgan fingerprint density at radius 2 is 1.94 bits per heavy atom. The van der Waals surface area contributed by atoms with Crippen LogP contribution in [0.2, 0.25) is 0 Å². The van der Waals surface area contributed by atoms with Gasteiger partial charge in [-0.05, 0) is 31.4 Å². The second kappa shape index (κ2) is 4.24. The third kappa shape index (κ3) is 1.82. The smallest absolute Gasteiger partial charge is 0.255 e. The van der Waals surface area contributed by atoms with Crippen molar-refractivity contribution in [1.29, 1.82) is 0 Å². The first-order valence-corrected chi connectivity index (χ1v) is 6.21. The molecule has 1 aliphatic heterocycles. The number of carbonyl (C=O) groups is 1. The highest BCUT2D eigenvalue weighted by molar-refractivity contribution is 6.05. The number of nitrogens with zero attached hydrogens (tertiary/aromatic N) is 1. The van der Waals surface area contributed by atoms with Crippen molar-refractivity contribution < 1.29 is 4.79 Å². The SMILES string of the molecule is O=C(c1cccc2cc[nH]c12)N1CCCCC1. The quantitative estimate of drug-likeness (QED) is 0.800. The number of hydrogen-bond acceptors (Lipinski definition) is 1. The second-order valence-corrected chi connectivity index (χ2v) is 4.60. The van der Waals surface area contributed by atoms with Gasteiger partial charge in [-0.3, -0.25) is 4.79 Å². The molecule has 1 fully saturated rings. The van der Waals surface area contributed by atoms with Crippen molar-refractivity contribution in [3.8, 4) is 0 Å². The summed E-state index contributed by atoms with van der Waals surface area (Å²) in [6, 6.07) is 7.89. The summed E-state index contributed by atoms with van der Waals surface area (Å²) < 4.78 is 0. The molecule has 88 valence electrons. The number of piperidine rings is 1. The van der Waals surface area contributed by atoms with E-state index in [2.05, 4.69) is 4.98 Å². The fourth-order valence-corrected chi connectivity index (χ4v) is 2.53. The van der Waals surface area contributed by atoms with E-state index < -0.39 is 0 Å². The summed E-state index contributed by atoms with van der Waals surface area (Å²) in [6.45, 7) is 1.80. The van der Waals surface area contributed by atoms with E-state index in [4.69, 9.17) is 0 Å². The third-order valence-corrected chi connectivity index (χ3v) is 3.46. The molecule has 2 aromatic rings. The average Bonchev–Trinajstić information content (AvgIpc) is 2.87. The summed E-state index contributed by atoms with van der Waals surface area (Å²) in [5.41, 5.74) is 1.76. The first-order valence-electron chi connectivity index (χ1n) is 6.21. The molecule has 1 aromatic carbocycles. The normalized spacial score (nSPS) is 16.4. The van der Waals surface area contributed by atoms with E-state index in [0.717, 1.165) is 42.4 Å². The predicted molar refractivity (Wildman–Crippen MR) is 68.1 cm³/mol. The Morgan fingerprint density at radius 3 is 2.76 bits per heavy atom. The zero-order valence-electron chi connectivity index (χ0n) is 9.78. The molecule has 0 aliphatic carbocycles. The molecule has 3 rings (SSSR count). The Labute approximate surface area is 100 Å². The summed E-state index contributed by atoms with van der Waals surface area (Å²) in [5.74, 6) is 0.165. The average molecular weight is 228 g/mol. The molecule has 1 amide bonds. The van der Waals surface area contributed by atoms with E-state index in [1.165, 1.54) is 6.42 Å². The summed E-state index contributed by atoms with van der Waals surface area (Å²) in [6.07, 6.45) is 5.40. The minimum atomic E-state index is 0.165. The highest BCUT2D eigenvalue weighted by Crippen LogP contribution is 2.20. The molecule has 1 saturated heterocycles. The Balaban J connectivity index is 1.97. The van der Waals surface area contributed by atoms with Gasteiger partial charge >= 0.3 is 0 Å². The Bertz CT molecular complexity index is 538. The minimum absolute atomic E-state index is 0.165. The van der Waals surface area contributed by atoms with E-state index in [0.29, 0.717) is 0 Å². The number of aromatic amines is 1. The van der Waals surface area contributed by atoms with Gasteiger partial charge in [-0.1, -0.05) is 12.1 Å². The molecule has 17 heavy (non-hydrogen) atoms. The number of likely N-dealkylation sites (tertiary alicyclic amines) is 1. The van der Waals surface area contributed by atoms with Crippen LogP contribution in [-0.4, -0.2) is 28.9 Å². The molecule has 0 radical (unpaired) electrons. The van der Waals surface area contributed by atoms with Gasteiger partial charge in [0.15, 0.2) is 0 Å². The molecule has 0 saturated carbocycles. The lowest BCUT2D eigenvalue weighted by atomic mass is 10.1. The lowest BCUT2D eigenvalue weighted by Crippen LogP contribution is -2.35. The lowest BCUT2D eigenvalue weighted by Gasteiger charge is -2.26. The van der Waals surface area contributed by atoms with Crippen LogP contribution in [0.1, 0.15) is 29.6 Å². The molecule has 0 bridgehead atoms. The molecular weight excluding hydrogens is 212 g/mol. The first kappa shape index (κ1) is 10.4. The van der Waals surface area contributed by atoms with Crippen molar-refractivity contribution in [3.63, 3.8) is 0 Å². The van der Waals surface area contributed by atoms with Gasteiger partial charge in [0.25, 0.3) is 5.91 Å². The van der Waals surface area contributed by atoms with Crippen molar-refractivity contribution in [2.24, 2.45) is 0 Å². The number of nitrogens with one attached hydrogen (secondary N) is 1. The van der Waals surface area contributed by atoms with Crippen LogP contribution in [0.25, 0.3) is 10.9 Å². The molecular formula is C14H16N2O.